The fourth-order valence-electron chi connectivity index (χ4n) is 1.80. The first-order valence-corrected chi connectivity index (χ1v) is 6.83. The highest BCUT2D eigenvalue weighted by molar-refractivity contribution is 9.09. The molecule has 0 aliphatic carbocycles. The lowest BCUT2D eigenvalue weighted by Gasteiger charge is -2.08. The average molecular weight is 273 g/mol. The molecule has 3 heteroatoms. The summed E-state index contributed by atoms with van der Waals surface area (Å²) < 4.78 is 2.23. The van der Waals surface area contributed by atoms with Gasteiger partial charge < -0.3 is 4.57 Å². The van der Waals surface area contributed by atoms with Crippen LogP contribution < -0.4 is 0 Å². The third-order valence-corrected chi connectivity index (χ3v) is 3.58. The Morgan fingerprint density at radius 1 is 1.40 bits per heavy atom. The fourth-order valence-corrected chi connectivity index (χ4v) is 2.58. The Bertz CT molecular complexity index is 270. The van der Waals surface area contributed by atoms with Crippen LogP contribution in [0.25, 0.3) is 0 Å². The molecule has 1 aromatic rings. The first-order valence-electron chi connectivity index (χ1n) is 5.92. The zero-order valence-electron chi connectivity index (χ0n) is 9.75. The van der Waals surface area contributed by atoms with E-state index >= 15 is 0 Å². The van der Waals surface area contributed by atoms with Crippen LogP contribution in [0.1, 0.15) is 45.4 Å². The van der Waals surface area contributed by atoms with E-state index in [1.165, 1.54) is 31.5 Å². The molecule has 0 fully saturated rings. The Hall–Kier alpha value is -0.310. The van der Waals surface area contributed by atoms with Gasteiger partial charge in [0.15, 0.2) is 0 Å². The van der Waals surface area contributed by atoms with Crippen LogP contribution in [0.5, 0.6) is 0 Å². The molecule has 1 aromatic heterocycles. The number of nitrogens with zero attached hydrogens (tertiary/aromatic N) is 2. The van der Waals surface area contributed by atoms with Gasteiger partial charge in [-0.2, -0.15) is 0 Å². The molecule has 0 aliphatic heterocycles. The zero-order valence-corrected chi connectivity index (χ0v) is 11.3. The second-order valence-electron chi connectivity index (χ2n) is 3.91. The van der Waals surface area contributed by atoms with Gasteiger partial charge in [0.25, 0.3) is 0 Å². The maximum Gasteiger partial charge on any atom is 0.108 e. The van der Waals surface area contributed by atoms with E-state index in [4.69, 9.17) is 0 Å². The summed E-state index contributed by atoms with van der Waals surface area (Å²) in [7, 11) is 0. The highest BCUT2D eigenvalue weighted by Crippen LogP contribution is 2.15. The summed E-state index contributed by atoms with van der Waals surface area (Å²) in [6.07, 6.45) is 10.1. The third-order valence-electron chi connectivity index (χ3n) is 2.66. The highest BCUT2D eigenvalue weighted by Gasteiger charge is 2.05. The van der Waals surface area contributed by atoms with Crippen LogP contribution in [-0.4, -0.2) is 14.4 Å². The van der Waals surface area contributed by atoms with E-state index in [0.29, 0.717) is 4.83 Å². The standard InChI is InChI=1S/C12H21BrN2/c1-3-6-11(13)7-5-8-12-14-9-10-15(12)4-2/h9-11H,3-8H2,1-2H3. The van der Waals surface area contributed by atoms with Crippen LogP contribution >= 0.6 is 15.9 Å². The number of alkyl halides is 1. The quantitative estimate of drug-likeness (QED) is 0.691. The van der Waals surface area contributed by atoms with Gasteiger partial charge in [-0.05, 0) is 26.2 Å². The van der Waals surface area contributed by atoms with Crippen molar-refractivity contribution in [1.82, 2.24) is 9.55 Å². The predicted molar refractivity (Wildman–Crippen MR) is 68.5 cm³/mol. The van der Waals surface area contributed by atoms with E-state index in [9.17, 15) is 0 Å². The van der Waals surface area contributed by atoms with Crippen molar-refractivity contribution in [2.45, 2.75) is 57.3 Å². The van der Waals surface area contributed by atoms with Crippen LogP contribution in [0.4, 0.5) is 0 Å². The topological polar surface area (TPSA) is 17.8 Å². The van der Waals surface area contributed by atoms with E-state index in [2.05, 4.69) is 45.5 Å². The molecule has 1 atom stereocenters. The van der Waals surface area contributed by atoms with Crippen molar-refractivity contribution in [2.75, 3.05) is 0 Å². The van der Waals surface area contributed by atoms with Gasteiger partial charge in [-0.3, -0.25) is 0 Å². The van der Waals surface area contributed by atoms with Gasteiger partial charge in [-0.1, -0.05) is 29.3 Å². The Morgan fingerprint density at radius 2 is 2.20 bits per heavy atom. The van der Waals surface area contributed by atoms with Crippen molar-refractivity contribution >= 4 is 15.9 Å². The molecule has 2 nitrogen and oxygen atoms in total. The molecule has 0 saturated carbocycles. The van der Waals surface area contributed by atoms with Gasteiger partial charge in [0.2, 0.25) is 0 Å². The lowest BCUT2D eigenvalue weighted by molar-refractivity contribution is 0.617. The smallest absolute Gasteiger partial charge is 0.108 e. The van der Waals surface area contributed by atoms with Crippen molar-refractivity contribution in [3.8, 4) is 0 Å². The molecule has 1 heterocycles. The van der Waals surface area contributed by atoms with Crippen molar-refractivity contribution in [1.29, 1.82) is 0 Å². The summed E-state index contributed by atoms with van der Waals surface area (Å²) in [6, 6.07) is 0. The monoisotopic (exact) mass is 272 g/mol. The Kier molecular flexibility index (Phi) is 5.99. The molecule has 1 unspecified atom stereocenters. The molecular weight excluding hydrogens is 252 g/mol. The van der Waals surface area contributed by atoms with Gasteiger partial charge >= 0.3 is 0 Å². The highest BCUT2D eigenvalue weighted by atomic mass is 79.9. The first kappa shape index (κ1) is 12.8. The fraction of sp³-hybridized carbons (Fsp3) is 0.750. The second-order valence-corrected chi connectivity index (χ2v) is 5.20. The molecule has 0 saturated heterocycles. The SMILES string of the molecule is CCCC(Br)CCCc1nccn1CC. The van der Waals surface area contributed by atoms with Gasteiger partial charge in [0, 0.05) is 30.2 Å². The van der Waals surface area contributed by atoms with E-state index in [-0.39, 0.29) is 0 Å². The van der Waals surface area contributed by atoms with E-state index in [0.717, 1.165) is 13.0 Å². The van der Waals surface area contributed by atoms with Gasteiger partial charge in [-0.15, -0.1) is 0 Å². The lowest BCUT2D eigenvalue weighted by Crippen LogP contribution is -2.03. The van der Waals surface area contributed by atoms with Crippen LogP contribution in [0.15, 0.2) is 12.4 Å². The molecule has 0 radical (unpaired) electrons. The molecule has 0 aromatic carbocycles. The van der Waals surface area contributed by atoms with Crippen molar-refractivity contribution in [2.24, 2.45) is 0 Å². The third kappa shape index (κ3) is 4.37. The molecule has 0 spiro atoms. The second kappa shape index (κ2) is 7.04. The number of rotatable bonds is 7. The minimum absolute atomic E-state index is 0.688. The van der Waals surface area contributed by atoms with Crippen molar-refractivity contribution in [3.05, 3.63) is 18.2 Å². The predicted octanol–water partition coefficient (Wildman–Crippen LogP) is 3.79. The number of hydrogen-bond acceptors (Lipinski definition) is 1. The van der Waals surface area contributed by atoms with Gasteiger partial charge in [0.1, 0.15) is 5.82 Å². The van der Waals surface area contributed by atoms with Crippen LogP contribution in [0.3, 0.4) is 0 Å². The minimum Gasteiger partial charge on any atom is -0.335 e. The molecule has 1 rings (SSSR count). The number of aryl methyl sites for hydroxylation is 2. The molecule has 86 valence electrons. The number of aromatic nitrogens is 2. The Labute approximate surface area is 101 Å². The summed E-state index contributed by atoms with van der Waals surface area (Å²) in [5.74, 6) is 1.23. The van der Waals surface area contributed by atoms with E-state index in [1.807, 2.05) is 6.20 Å². The van der Waals surface area contributed by atoms with Gasteiger partial charge in [-0.25, -0.2) is 4.98 Å². The summed E-state index contributed by atoms with van der Waals surface area (Å²) in [6.45, 7) is 5.43. The van der Waals surface area contributed by atoms with Crippen LogP contribution in [-0.2, 0) is 13.0 Å². The molecule has 0 amide bonds. The van der Waals surface area contributed by atoms with Crippen molar-refractivity contribution in [3.63, 3.8) is 0 Å². The van der Waals surface area contributed by atoms with Gasteiger partial charge in [0.05, 0.1) is 0 Å². The average Bonchev–Trinajstić information content (AvgIpc) is 2.66. The maximum atomic E-state index is 4.38. The maximum absolute atomic E-state index is 4.38. The first-order chi connectivity index (χ1) is 7.27. The lowest BCUT2D eigenvalue weighted by atomic mass is 10.1. The summed E-state index contributed by atoms with van der Waals surface area (Å²) in [5, 5.41) is 0. The Morgan fingerprint density at radius 3 is 2.87 bits per heavy atom. The minimum atomic E-state index is 0.688. The number of halogens is 1. The van der Waals surface area contributed by atoms with E-state index in [1.54, 1.807) is 0 Å². The molecule has 0 bridgehead atoms. The number of hydrogen-bond donors (Lipinski definition) is 0. The summed E-state index contributed by atoms with van der Waals surface area (Å²) in [4.78, 5) is 5.07. The largest absolute Gasteiger partial charge is 0.335 e. The molecule has 0 N–H and O–H groups in total. The molecule has 15 heavy (non-hydrogen) atoms. The van der Waals surface area contributed by atoms with Crippen molar-refractivity contribution < 1.29 is 0 Å². The molecule has 0 aliphatic rings. The summed E-state index contributed by atoms with van der Waals surface area (Å²) in [5.41, 5.74) is 0. The normalized spacial score (nSPS) is 13.0. The summed E-state index contributed by atoms with van der Waals surface area (Å²) >= 11 is 3.71. The van der Waals surface area contributed by atoms with Crippen LogP contribution in [0, 0.1) is 0 Å². The Balaban J connectivity index is 2.25. The van der Waals surface area contributed by atoms with E-state index < -0.39 is 0 Å². The zero-order chi connectivity index (χ0) is 11.1. The molecular formula is C12H21BrN2. The van der Waals surface area contributed by atoms with Crippen LogP contribution in [0.2, 0.25) is 0 Å². The number of imidazole rings is 1.